The van der Waals surface area contributed by atoms with Gasteiger partial charge in [0, 0.05) is 11.7 Å². The maximum atomic E-state index is 12.8. The van der Waals surface area contributed by atoms with Crippen molar-refractivity contribution in [1.82, 2.24) is 4.90 Å². The number of likely N-dealkylation sites (tertiary alicyclic amines) is 1. The van der Waals surface area contributed by atoms with Gasteiger partial charge >= 0.3 is 5.97 Å². The highest BCUT2D eigenvalue weighted by Gasteiger charge is 2.32. The van der Waals surface area contributed by atoms with Crippen molar-refractivity contribution in [3.63, 3.8) is 0 Å². The molecule has 0 unspecified atom stereocenters. The van der Waals surface area contributed by atoms with Gasteiger partial charge in [0.05, 0.1) is 19.6 Å². The first kappa shape index (κ1) is 16.0. The molecule has 1 atom stereocenters. The summed E-state index contributed by atoms with van der Waals surface area (Å²) in [6.07, 6.45) is 2.46. The highest BCUT2D eigenvalue weighted by Crippen LogP contribution is 2.32. The number of rotatable bonds is 3. The van der Waals surface area contributed by atoms with E-state index in [-0.39, 0.29) is 23.8 Å². The second kappa shape index (κ2) is 6.71. The van der Waals surface area contributed by atoms with Crippen molar-refractivity contribution >= 4 is 17.6 Å². The minimum Gasteiger partial charge on any atom is -0.469 e. The Balaban J connectivity index is 1.59. The lowest BCUT2D eigenvalue weighted by Crippen LogP contribution is -2.46. The molecule has 0 aromatic heterocycles. The van der Waals surface area contributed by atoms with E-state index < -0.39 is 0 Å². The lowest BCUT2D eigenvalue weighted by atomic mass is 9.97. The van der Waals surface area contributed by atoms with Crippen LogP contribution in [0.4, 0.5) is 5.69 Å². The minimum absolute atomic E-state index is 0.0159. The van der Waals surface area contributed by atoms with Gasteiger partial charge in [0.25, 0.3) is 0 Å². The Kier molecular flexibility index (Phi) is 4.66. The van der Waals surface area contributed by atoms with Crippen LogP contribution >= 0.6 is 0 Å². The van der Waals surface area contributed by atoms with Crippen LogP contribution < -0.4 is 4.90 Å². The van der Waals surface area contributed by atoms with Crippen molar-refractivity contribution in [2.75, 3.05) is 31.6 Å². The number of benzene rings is 1. The number of fused-ring (bicyclic) bond motifs is 1. The lowest BCUT2D eigenvalue weighted by Gasteiger charge is -2.32. The number of carbonyl (C=O) groups excluding carboxylic acids is 2. The fraction of sp³-hybridized carbons (Fsp3) is 0.556. The number of methoxy groups -OCH3 is 1. The molecular formula is C18H24N2O3. The number of anilines is 1. The van der Waals surface area contributed by atoms with Crippen molar-refractivity contribution in [1.29, 1.82) is 0 Å². The molecule has 5 nitrogen and oxygen atoms in total. The van der Waals surface area contributed by atoms with Crippen LogP contribution in [0.2, 0.25) is 0 Å². The van der Waals surface area contributed by atoms with E-state index in [1.165, 1.54) is 12.7 Å². The van der Waals surface area contributed by atoms with Crippen LogP contribution in [-0.2, 0) is 20.7 Å². The Morgan fingerprint density at radius 1 is 1.22 bits per heavy atom. The molecule has 3 rings (SSSR count). The Morgan fingerprint density at radius 3 is 2.61 bits per heavy atom. The normalized spacial score (nSPS) is 22.0. The van der Waals surface area contributed by atoms with Gasteiger partial charge in [-0.3, -0.25) is 14.5 Å². The first-order valence-corrected chi connectivity index (χ1v) is 8.30. The van der Waals surface area contributed by atoms with E-state index in [0.717, 1.165) is 38.0 Å². The number of para-hydroxylation sites is 1. The number of nitrogens with zero attached hydrogens (tertiary/aromatic N) is 2. The van der Waals surface area contributed by atoms with Crippen LogP contribution in [0, 0.1) is 5.92 Å². The van der Waals surface area contributed by atoms with E-state index in [9.17, 15) is 9.59 Å². The monoisotopic (exact) mass is 316 g/mol. The number of hydrogen-bond acceptors (Lipinski definition) is 4. The van der Waals surface area contributed by atoms with Gasteiger partial charge in [-0.25, -0.2) is 0 Å². The van der Waals surface area contributed by atoms with Gasteiger partial charge in [-0.05, 0) is 50.9 Å². The van der Waals surface area contributed by atoms with Gasteiger partial charge in [0.1, 0.15) is 0 Å². The third-order valence-electron chi connectivity index (χ3n) is 4.96. The largest absolute Gasteiger partial charge is 0.469 e. The molecule has 124 valence electrons. The SMILES string of the molecule is COC(=O)C1CCN(CC(=O)N2c3ccccc3C[C@@H]2C)CC1. The molecule has 0 aliphatic carbocycles. The van der Waals surface area contributed by atoms with Crippen LogP contribution in [0.3, 0.4) is 0 Å². The zero-order valence-corrected chi connectivity index (χ0v) is 13.8. The Hall–Kier alpha value is -1.88. The molecule has 0 N–H and O–H groups in total. The number of esters is 1. The summed E-state index contributed by atoms with van der Waals surface area (Å²) in [6, 6.07) is 8.35. The third kappa shape index (κ3) is 3.24. The van der Waals surface area contributed by atoms with E-state index in [0.29, 0.717) is 6.54 Å². The number of hydrogen-bond donors (Lipinski definition) is 0. The van der Waals surface area contributed by atoms with E-state index >= 15 is 0 Å². The molecule has 0 radical (unpaired) electrons. The average Bonchev–Trinajstić information content (AvgIpc) is 2.90. The van der Waals surface area contributed by atoms with Gasteiger partial charge in [0.15, 0.2) is 0 Å². The summed E-state index contributed by atoms with van der Waals surface area (Å²) in [4.78, 5) is 28.4. The fourth-order valence-corrected chi connectivity index (χ4v) is 3.71. The quantitative estimate of drug-likeness (QED) is 0.799. The molecule has 2 aliphatic rings. The maximum Gasteiger partial charge on any atom is 0.308 e. The van der Waals surface area contributed by atoms with Gasteiger partial charge in [-0.15, -0.1) is 0 Å². The number of carbonyl (C=O) groups is 2. The highest BCUT2D eigenvalue weighted by molar-refractivity contribution is 5.97. The average molecular weight is 316 g/mol. The standard InChI is InChI=1S/C18H24N2O3/c1-13-11-15-5-3-4-6-16(15)20(13)17(21)12-19-9-7-14(8-10-19)18(22)23-2/h3-6,13-14H,7-12H2,1-2H3/t13-/m0/s1. The van der Waals surface area contributed by atoms with Crippen LogP contribution in [0.5, 0.6) is 0 Å². The number of piperidine rings is 1. The van der Waals surface area contributed by atoms with Crippen LogP contribution in [0.25, 0.3) is 0 Å². The first-order valence-electron chi connectivity index (χ1n) is 8.30. The highest BCUT2D eigenvalue weighted by atomic mass is 16.5. The predicted octanol–water partition coefficient (Wildman–Crippen LogP) is 1.85. The number of ether oxygens (including phenoxy) is 1. The predicted molar refractivity (Wildman–Crippen MR) is 88.3 cm³/mol. The van der Waals surface area contributed by atoms with Gasteiger partial charge in [-0.1, -0.05) is 18.2 Å². The van der Waals surface area contributed by atoms with Crippen LogP contribution in [0.1, 0.15) is 25.3 Å². The van der Waals surface area contributed by atoms with E-state index in [2.05, 4.69) is 17.9 Å². The Bertz CT molecular complexity index is 594. The molecule has 2 aliphatic heterocycles. The zero-order chi connectivity index (χ0) is 16.4. The summed E-state index contributed by atoms with van der Waals surface area (Å²) < 4.78 is 4.81. The summed E-state index contributed by atoms with van der Waals surface area (Å²) in [5, 5.41) is 0. The molecule has 1 fully saturated rings. The minimum atomic E-state index is -0.127. The Labute approximate surface area is 137 Å². The van der Waals surface area contributed by atoms with Crippen molar-refractivity contribution in [3.8, 4) is 0 Å². The molecule has 2 heterocycles. The summed E-state index contributed by atoms with van der Waals surface area (Å²) in [5.74, 6) is 0.00910. The lowest BCUT2D eigenvalue weighted by molar-refractivity contribution is -0.147. The van der Waals surface area contributed by atoms with Gasteiger partial charge in [0.2, 0.25) is 5.91 Å². The van der Waals surface area contributed by atoms with E-state index in [4.69, 9.17) is 4.74 Å². The molecule has 0 spiro atoms. The Morgan fingerprint density at radius 2 is 1.91 bits per heavy atom. The fourth-order valence-electron chi connectivity index (χ4n) is 3.71. The van der Waals surface area contributed by atoms with Crippen LogP contribution in [0.15, 0.2) is 24.3 Å². The molecule has 23 heavy (non-hydrogen) atoms. The van der Waals surface area contributed by atoms with Crippen molar-refractivity contribution in [3.05, 3.63) is 29.8 Å². The smallest absolute Gasteiger partial charge is 0.308 e. The van der Waals surface area contributed by atoms with Crippen molar-refractivity contribution in [2.24, 2.45) is 5.92 Å². The molecule has 1 saturated heterocycles. The summed E-state index contributed by atoms with van der Waals surface area (Å²) in [5.41, 5.74) is 2.30. The zero-order valence-electron chi connectivity index (χ0n) is 13.8. The van der Waals surface area contributed by atoms with Gasteiger partial charge < -0.3 is 9.64 Å². The summed E-state index contributed by atoms with van der Waals surface area (Å²) >= 11 is 0. The second-order valence-corrected chi connectivity index (χ2v) is 6.52. The van der Waals surface area contributed by atoms with Crippen molar-refractivity contribution < 1.29 is 14.3 Å². The summed E-state index contributed by atoms with van der Waals surface area (Å²) in [6.45, 7) is 4.07. The third-order valence-corrected chi connectivity index (χ3v) is 4.96. The number of amides is 1. The summed E-state index contributed by atoms with van der Waals surface area (Å²) in [7, 11) is 1.43. The molecule has 1 amide bonds. The van der Waals surface area contributed by atoms with E-state index in [1.807, 2.05) is 23.1 Å². The van der Waals surface area contributed by atoms with Crippen LogP contribution in [-0.4, -0.2) is 49.6 Å². The topological polar surface area (TPSA) is 49.9 Å². The van der Waals surface area contributed by atoms with E-state index in [1.54, 1.807) is 0 Å². The van der Waals surface area contributed by atoms with Crippen molar-refractivity contribution in [2.45, 2.75) is 32.2 Å². The molecule has 1 aromatic carbocycles. The molecule has 5 heteroatoms. The molecule has 1 aromatic rings. The molecule has 0 bridgehead atoms. The van der Waals surface area contributed by atoms with Gasteiger partial charge in [-0.2, -0.15) is 0 Å². The second-order valence-electron chi connectivity index (χ2n) is 6.52. The first-order chi connectivity index (χ1) is 11.1. The molecular weight excluding hydrogens is 292 g/mol. The molecule has 0 saturated carbocycles. The maximum absolute atomic E-state index is 12.8.